The van der Waals surface area contributed by atoms with Gasteiger partial charge in [0.25, 0.3) is 12.4 Å². The van der Waals surface area contributed by atoms with Crippen molar-refractivity contribution < 1.29 is 32.4 Å². The predicted octanol–water partition coefficient (Wildman–Crippen LogP) is 3.59. The van der Waals surface area contributed by atoms with Crippen molar-refractivity contribution in [3.05, 3.63) is 57.5 Å². The molecular weight excluding hydrogens is 433 g/mol. The fourth-order valence-corrected chi connectivity index (χ4v) is 3.55. The van der Waals surface area contributed by atoms with Gasteiger partial charge in [-0.05, 0) is 56.0 Å². The molecule has 2 aromatic rings. The van der Waals surface area contributed by atoms with Gasteiger partial charge in [0.05, 0.1) is 10.5 Å². The molecule has 1 aliphatic heterocycles. The molecule has 1 fully saturated rings. The van der Waals surface area contributed by atoms with Gasteiger partial charge in [-0.15, -0.1) is 0 Å². The van der Waals surface area contributed by atoms with Gasteiger partial charge in [0, 0.05) is 0 Å². The van der Waals surface area contributed by atoms with Gasteiger partial charge in [0.2, 0.25) is 0 Å². The van der Waals surface area contributed by atoms with Crippen LogP contribution in [-0.4, -0.2) is 34.5 Å². The number of alkyl halides is 3. The number of nitro groups is 1. The van der Waals surface area contributed by atoms with Crippen LogP contribution in [-0.2, 0) is 22.3 Å². The highest BCUT2D eigenvalue weighted by Gasteiger charge is 2.33. The highest BCUT2D eigenvalue weighted by molar-refractivity contribution is 5.47. The summed E-state index contributed by atoms with van der Waals surface area (Å²) in [5, 5.41) is 15.0. The number of hydrogen-bond donors (Lipinski definition) is 1. The Morgan fingerprint density at radius 2 is 1.91 bits per heavy atom. The van der Waals surface area contributed by atoms with E-state index in [9.17, 15) is 28.1 Å². The number of ether oxygens (including phenoxy) is 2. The number of piperidine rings is 1. The Labute approximate surface area is 181 Å². The van der Waals surface area contributed by atoms with E-state index < -0.39 is 28.5 Å². The normalized spacial score (nSPS) is 15.7. The van der Waals surface area contributed by atoms with E-state index in [2.05, 4.69) is 15.3 Å². The number of aromatic nitrogens is 2. The zero-order chi connectivity index (χ0) is 23.1. The molecule has 0 spiro atoms. The Balaban J connectivity index is 1.81. The lowest BCUT2D eigenvalue weighted by Crippen LogP contribution is -2.29. The Bertz CT molecular complexity index is 934. The fraction of sp³-hybridized carbons (Fsp3) is 0.450. The van der Waals surface area contributed by atoms with Crippen molar-refractivity contribution in [1.82, 2.24) is 15.3 Å². The van der Waals surface area contributed by atoms with E-state index in [1.807, 2.05) is 0 Å². The van der Waals surface area contributed by atoms with Crippen LogP contribution in [0.5, 0.6) is 5.88 Å². The number of rotatable bonds is 9. The number of carbonyl (C=O) groups excluding carboxylic acids is 1. The maximum atomic E-state index is 12.7. The van der Waals surface area contributed by atoms with Gasteiger partial charge in [0.15, 0.2) is 11.8 Å². The maximum Gasteiger partial charge on any atom is 0.416 e. The molecule has 0 aliphatic carbocycles. The summed E-state index contributed by atoms with van der Waals surface area (Å²) in [5.74, 6) is -0.169. The highest BCUT2D eigenvalue weighted by atomic mass is 19.4. The van der Waals surface area contributed by atoms with Crippen LogP contribution in [0.3, 0.4) is 0 Å². The summed E-state index contributed by atoms with van der Waals surface area (Å²) in [7, 11) is 0. The molecule has 1 atom stereocenters. The van der Waals surface area contributed by atoms with Gasteiger partial charge < -0.3 is 14.8 Å². The smallest absolute Gasteiger partial charge is 0.416 e. The lowest BCUT2D eigenvalue weighted by Gasteiger charge is -2.25. The Morgan fingerprint density at radius 3 is 2.50 bits per heavy atom. The molecule has 1 aliphatic rings. The van der Waals surface area contributed by atoms with Crippen molar-refractivity contribution in [3.8, 4) is 5.88 Å². The summed E-state index contributed by atoms with van der Waals surface area (Å²) in [6.45, 7) is 1.57. The van der Waals surface area contributed by atoms with Gasteiger partial charge in [-0.2, -0.15) is 18.2 Å². The third-order valence-corrected chi connectivity index (χ3v) is 5.19. The van der Waals surface area contributed by atoms with Crippen LogP contribution in [0.25, 0.3) is 0 Å². The van der Waals surface area contributed by atoms with E-state index in [-0.39, 0.29) is 30.6 Å². The van der Waals surface area contributed by atoms with E-state index in [4.69, 9.17) is 9.47 Å². The molecule has 1 aromatic heterocycles. The van der Waals surface area contributed by atoms with Gasteiger partial charge in [-0.3, -0.25) is 14.9 Å². The SMILES string of the molecule is O=COC(CC1CCNCC1)c1ncnc(OCc2ccc(C(F)(F)F)cc2)c1[N+](=O)[O-]. The first-order valence-corrected chi connectivity index (χ1v) is 9.87. The molecule has 1 saturated heterocycles. The molecule has 12 heteroatoms. The quantitative estimate of drug-likeness (QED) is 0.347. The summed E-state index contributed by atoms with van der Waals surface area (Å²) in [6, 6.07) is 4.22. The first kappa shape index (κ1) is 23.4. The van der Waals surface area contributed by atoms with Crippen LogP contribution in [0.2, 0.25) is 0 Å². The average Bonchev–Trinajstić information content (AvgIpc) is 2.77. The Hall–Kier alpha value is -3.28. The van der Waals surface area contributed by atoms with Crippen LogP contribution in [0.1, 0.15) is 42.2 Å². The Morgan fingerprint density at radius 1 is 1.22 bits per heavy atom. The van der Waals surface area contributed by atoms with Gasteiger partial charge in [0.1, 0.15) is 12.9 Å². The van der Waals surface area contributed by atoms with E-state index in [0.29, 0.717) is 12.0 Å². The minimum absolute atomic E-state index is 0.0851. The molecular formula is C20H21F3N4O5. The first-order valence-electron chi connectivity index (χ1n) is 9.87. The van der Waals surface area contributed by atoms with E-state index >= 15 is 0 Å². The van der Waals surface area contributed by atoms with E-state index in [1.165, 1.54) is 12.1 Å². The van der Waals surface area contributed by atoms with Gasteiger partial charge in [-0.25, -0.2) is 4.98 Å². The molecule has 1 aromatic carbocycles. The fourth-order valence-electron chi connectivity index (χ4n) is 3.55. The number of hydrogen-bond acceptors (Lipinski definition) is 8. The maximum absolute atomic E-state index is 12.7. The standard InChI is InChI=1S/C20H21F3N4O5/c21-20(22,23)15-3-1-14(2-4-15)10-31-19-18(27(29)30)17(25-11-26-19)16(32-12-28)9-13-5-7-24-8-6-13/h1-4,11-13,16,24H,5-10H2. The van der Waals surface area contributed by atoms with Crippen LogP contribution in [0.15, 0.2) is 30.6 Å². The minimum atomic E-state index is -4.47. The summed E-state index contributed by atoms with van der Waals surface area (Å²) >= 11 is 0. The second-order valence-corrected chi connectivity index (χ2v) is 7.30. The van der Waals surface area contributed by atoms with Crippen molar-refractivity contribution >= 4 is 12.2 Å². The highest BCUT2D eigenvalue weighted by Crippen LogP contribution is 2.37. The third kappa shape index (κ3) is 5.90. The van der Waals surface area contributed by atoms with Crippen molar-refractivity contribution in [2.45, 2.75) is 38.1 Å². The summed E-state index contributed by atoms with van der Waals surface area (Å²) < 4.78 is 48.7. The molecule has 1 N–H and O–H groups in total. The van der Waals surface area contributed by atoms with Crippen LogP contribution in [0, 0.1) is 16.0 Å². The first-order chi connectivity index (χ1) is 15.3. The second kappa shape index (κ2) is 10.4. The average molecular weight is 454 g/mol. The van der Waals surface area contributed by atoms with Crippen LogP contribution >= 0.6 is 0 Å². The molecule has 0 radical (unpaired) electrons. The lowest BCUT2D eigenvalue weighted by atomic mass is 9.90. The Kier molecular flexibility index (Phi) is 7.57. The number of nitrogens with zero attached hydrogens (tertiary/aromatic N) is 3. The molecule has 32 heavy (non-hydrogen) atoms. The molecule has 9 nitrogen and oxygen atoms in total. The van der Waals surface area contributed by atoms with Crippen LogP contribution < -0.4 is 10.1 Å². The minimum Gasteiger partial charge on any atom is -0.468 e. The third-order valence-electron chi connectivity index (χ3n) is 5.19. The second-order valence-electron chi connectivity index (χ2n) is 7.30. The van der Waals surface area contributed by atoms with E-state index in [1.54, 1.807) is 0 Å². The molecule has 1 unspecified atom stereocenters. The zero-order valence-electron chi connectivity index (χ0n) is 16.9. The van der Waals surface area contributed by atoms with Crippen molar-refractivity contribution in [1.29, 1.82) is 0 Å². The molecule has 172 valence electrons. The van der Waals surface area contributed by atoms with Crippen LogP contribution in [0.4, 0.5) is 18.9 Å². The summed E-state index contributed by atoms with van der Waals surface area (Å²) in [6.07, 6.45) is -2.34. The monoisotopic (exact) mass is 454 g/mol. The molecule has 0 bridgehead atoms. The van der Waals surface area contributed by atoms with E-state index in [0.717, 1.165) is 44.4 Å². The largest absolute Gasteiger partial charge is 0.468 e. The number of benzene rings is 1. The molecule has 0 saturated carbocycles. The lowest BCUT2D eigenvalue weighted by molar-refractivity contribution is -0.388. The van der Waals surface area contributed by atoms with Crippen molar-refractivity contribution in [2.75, 3.05) is 13.1 Å². The molecule has 2 heterocycles. The zero-order valence-corrected chi connectivity index (χ0v) is 16.9. The van der Waals surface area contributed by atoms with Crippen molar-refractivity contribution in [3.63, 3.8) is 0 Å². The summed E-state index contributed by atoms with van der Waals surface area (Å²) in [5.41, 5.74) is -1.08. The number of halogens is 3. The van der Waals surface area contributed by atoms with Gasteiger partial charge in [-0.1, -0.05) is 12.1 Å². The number of carbonyl (C=O) groups is 1. The van der Waals surface area contributed by atoms with Gasteiger partial charge >= 0.3 is 11.9 Å². The molecule has 3 rings (SSSR count). The molecule has 0 amide bonds. The topological polar surface area (TPSA) is 116 Å². The predicted molar refractivity (Wildman–Crippen MR) is 105 cm³/mol. The van der Waals surface area contributed by atoms with Crippen molar-refractivity contribution in [2.24, 2.45) is 5.92 Å². The number of nitrogens with one attached hydrogen (secondary N) is 1. The summed E-state index contributed by atoms with van der Waals surface area (Å²) in [4.78, 5) is 29.9.